The highest BCUT2D eigenvalue weighted by Gasteiger charge is 2.00. The molecule has 0 radical (unpaired) electrons. The van der Waals surface area contributed by atoms with Crippen molar-refractivity contribution in [3.63, 3.8) is 0 Å². The predicted molar refractivity (Wildman–Crippen MR) is 62.0 cm³/mol. The SMILES string of the molecule is CC(CCS)CCOc1cccnc1. The summed E-state index contributed by atoms with van der Waals surface area (Å²) in [6.07, 6.45) is 5.72. The van der Waals surface area contributed by atoms with Crippen LogP contribution in [0.1, 0.15) is 19.8 Å². The Balaban J connectivity index is 2.16. The van der Waals surface area contributed by atoms with Crippen LogP contribution in [0.15, 0.2) is 24.5 Å². The maximum Gasteiger partial charge on any atom is 0.137 e. The van der Waals surface area contributed by atoms with E-state index >= 15 is 0 Å². The summed E-state index contributed by atoms with van der Waals surface area (Å²) in [4.78, 5) is 3.98. The molecule has 0 spiro atoms. The van der Waals surface area contributed by atoms with Gasteiger partial charge in [0, 0.05) is 6.20 Å². The van der Waals surface area contributed by atoms with Crippen molar-refractivity contribution in [3.05, 3.63) is 24.5 Å². The number of hydrogen-bond donors (Lipinski definition) is 1. The fourth-order valence-corrected chi connectivity index (χ4v) is 1.62. The average molecular weight is 211 g/mol. The largest absolute Gasteiger partial charge is 0.492 e. The molecule has 1 rings (SSSR count). The van der Waals surface area contributed by atoms with E-state index in [0.717, 1.165) is 31.0 Å². The van der Waals surface area contributed by atoms with E-state index in [9.17, 15) is 0 Å². The normalized spacial score (nSPS) is 12.4. The van der Waals surface area contributed by atoms with Crippen molar-refractivity contribution in [2.45, 2.75) is 19.8 Å². The molecule has 0 aliphatic rings. The van der Waals surface area contributed by atoms with Gasteiger partial charge in [-0.25, -0.2) is 0 Å². The second kappa shape index (κ2) is 6.71. The van der Waals surface area contributed by atoms with Crippen molar-refractivity contribution in [1.29, 1.82) is 0 Å². The maximum absolute atomic E-state index is 5.54. The van der Waals surface area contributed by atoms with Crippen LogP contribution in [-0.2, 0) is 0 Å². The van der Waals surface area contributed by atoms with E-state index in [4.69, 9.17) is 4.74 Å². The Labute approximate surface area is 91.1 Å². The van der Waals surface area contributed by atoms with E-state index in [0.29, 0.717) is 5.92 Å². The summed E-state index contributed by atoms with van der Waals surface area (Å²) in [5, 5.41) is 0. The number of ether oxygens (including phenoxy) is 1. The first-order valence-corrected chi connectivity index (χ1v) is 5.60. The fraction of sp³-hybridized carbons (Fsp3) is 0.545. The summed E-state index contributed by atoms with van der Waals surface area (Å²) < 4.78 is 5.54. The van der Waals surface area contributed by atoms with Gasteiger partial charge in [0.15, 0.2) is 0 Å². The van der Waals surface area contributed by atoms with Gasteiger partial charge in [-0.1, -0.05) is 6.92 Å². The van der Waals surface area contributed by atoms with Gasteiger partial charge >= 0.3 is 0 Å². The van der Waals surface area contributed by atoms with E-state index < -0.39 is 0 Å². The molecule has 3 heteroatoms. The summed E-state index contributed by atoms with van der Waals surface area (Å²) in [6.45, 7) is 2.99. The minimum atomic E-state index is 0.684. The van der Waals surface area contributed by atoms with Gasteiger partial charge in [-0.05, 0) is 36.6 Å². The van der Waals surface area contributed by atoms with Crippen LogP contribution in [0.25, 0.3) is 0 Å². The van der Waals surface area contributed by atoms with Crippen molar-refractivity contribution in [3.8, 4) is 5.75 Å². The van der Waals surface area contributed by atoms with Gasteiger partial charge in [0.1, 0.15) is 5.75 Å². The zero-order valence-electron chi connectivity index (χ0n) is 8.52. The van der Waals surface area contributed by atoms with Crippen LogP contribution in [-0.4, -0.2) is 17.3 Å². The third-order valence-electron chi connectivity index (χ3n) is 2.14. The molecule has 0 aliphatic heterocycles. The number of rotatable bonds is 6. The molecule has 1 aromatic heterocycles. The van der Waals surface area contributed by atoms with Gasteiger partial charge in [0.05, 0.1) is 12.8 Å². The predicted octanol–water partition coefficient (Wildman–Crippen LogP) is 2.81. The lowest BCUT2D eigenvalue weighted by Gasteiger charge is -2.10. The number of aromatic nitrogens is 1. The Kier molecular flexibility index (Phi) is 5.45. The molecule has 78 valence electrons. The van der Waals surface area contributed by atoms with E-state index in [1.807, 2.05) is 12.1 Å². The number of pyridine rings is 1. The fourth-order valence-electron chi connectivity index (χ4n) is 1.18. The molecule has 0 bridgehead atoms. The van der Waals surface area contributed by atoms with Crippen LogP contribution in [0.5, 0.6) is 5.75 Å². The molecule has 0 fully saturated rings. The van der Waals surface area contributed by atoms with Crippen molar-refractivity contribution >= 4 is 12.6 Å². The first-order chi connectivity index (χ1) is 6.83. The lowest BCUT2D eigenvalue weighted by atomic mass is 10.1. The number of nitrogens with zero attached hydrogens (tertiary/aromatic N) is 1. The van der Waals surface area contributed by atoms with Crippen molar-refractivity contribution in [1.82, 2.24) is 4.98 Å². The zero-order valence-corrected chi connectivity index (χ0v) is 9.41. The van der Waals surface area contributed by atoms with Crippen LogP contribution < -0.4 is 4.74 Å². The first kappa shape index (κ1) is 11.4. The summed E-state index contributed by atoms with van der Waals surface area (Å²) in [5.41, 5.74) is 0. The summed E-state index contributed by atoms with van der Waals surface area (Å²) in [5.74, 6) is 2.49. The van der Waals surface area contributed by atoms with Gasteiger partial charge in [-0.15, -0.1) is 0 Å². The highest BCUT2D eigenvalue weighted by atomic mass is 32.1. The quantitative estimate of drug-likeness (QED) is 0.731. The minimum Gasteiger partial charge on any atom is -0.492 e. The Morgan fingerprint density at radius 1 is 1.50 bits per heavy atom. The average Bonchev–Trinajstić information content (AvgIpc) is 2.20. The molecule has 0 amide bonds. The molecule has 0 saturated carbocycles. The molecular formula is C11H17NOS. The Bertz CT molecular complexity index is 240. The summed E-state index contributed by atoms with van der Waals surface area (Å²) in [6, 6.07) is 3.81. The van der Waals surface area contributed by atoms with Crippen molar-refractivity contribution in [2.24, 2.45) is 5.92 Å². The van der Waals surface area contributed by atoms with Gasteiger partial charge in [0.2, 0.25) is 0 Å². The molecule has 0 saturated heterocycles. The number of hydrogen-bond acceptors (Lipinski definition) is 3. The zero-order chi connectivity index (χ0) is 10.2. The maximum atomic E-state index is 5.54. The van der Waals surface area contributed by atoms with E-state index in [1.54, 1.807) is 12.4 Å². The van der Waals surface area contributed by atoms with Gasteiger partial charge in [-0.2, -0.15) is 12.6 Å². The van der Waals surface area contributed by atoms with Crippen LogP contribution in [0.2, 0.25) is 0 Å². The van der Waals surface area contributed by atoms with Gasteiger partial charge in [0.25, 0.3) is 0 Å². The third kappa shape index (κ3) is 4.51. The number of thiol groups is 1. The second-order valence-corrected chi connectivity index (χ2v) is 3.89. The summed E-state index contributed by atoms with van der Waals surface area (Å²) >= 11 is 4.20. The standard InChI is InChI=1S/C11H17NOS/c1-10(5-8-14)4-7-13-11-3-2-6-12-9-11/h2-3,6,9-10,14H,4-5,7-8H2,1H3. The lowest BCUT2D eigenvalue weighted by molar-refractivity contribution is 0.281. The lowest BCUT2D eigenvalue weighted by Crippen LogP contribution is -2.04. The molecular weight excluding hydrogens is 194 g/mol. The third-order valence-corrected chi connectivity index (χ3v) is 2.39. The smallest absolute Gasteiger partial charge is 0.137 e. The first-order valence-electron chi connectivity index (χ1n) is 4.96. The van der Waals surface area contributed by atoms with Crippen LogP contribution in [0.4, 0.5) is 0 Å². The van der Waals surface area contributed by atoms with Crippen LogP contribution in [0.3, 0.4) is 0 Å². The van der Waals surface area contributed by atoms with Crippen LogP contribution >= 0.6 is 12.6 Å². The molecule has 1 atom stereocenters. The monoisotopic (exact) mass is 211 g/mol. The van der Waals surface area contributed by atoms with Gasteiger partial charge in [-0.3, -0.25) is 4.98 Å². The van der Waals surface area contributed by atoms with Gasteiger partial charge < -0.3 is 4.74 Å². The van der Waals surface area contributed by atoms with Crippen molar-refractivity contribution in [2.75, 3.05) is 12.4 Å². The molecule has 0 N–H and O–H groups in total. The van der Waals surface area contributed by atoms with E-state index in [1.165, 1.54) is 0 Å². The molecule has 2 nitrogen and oxygen atoms in total. The Morgan fingerprint density at radius 2 is 2.36 bits per heavy atom. The second-order valence-electron chi connectivity index (χ2n) is 3.44. The molecule has 1 heterocycles. The molecule has 1 aromatic rings. The van der Waals surface area contributed by atoms with Crippen molar-refractivity contribution < 1.29 is 4.74 Å². The highest BCUT2D eigenvalue weighted by molar-refractivity contribution is 7.80. The molecule has 14 heavy (non-hydrogen) atoms. The highest BCUT2D eigenvalue weighted by Crippen LogP contribution is 2.11. The Hall–Kier alpha value is -0.700. The van der Waals surface area contributed by atoms with E-state index in [2.05, 4.69) is 24.5 Å². The molecule has 0 aromatic carbocycles. The topological polar surface area (TPSA) is 22.1 Å². The van der Waals surface area contributed by atoms with E-state index in [-0.39, 0.29) is 0 Å². The molecule has 0 aliphatic carbocycles. The molecule has 1 unspecified atom stereocenters. The van der Waals surface area contributed by atoms with Crippen LogP contribution in [0, 0.1) is 5.92 Å². The Morgan fingerprint density at radius 3 is 3.00 bits per heavy atom. The minimum absolute atomic E-state index is 0.684. The summed E-state index contributed by atoms with van der Waals surface area (Å²) in [7, 11) is 0.